The average molecular weight is 483 g/mol. The standard InChI is InChI=1S/C23H21N3O9/c1-16(35-26(30)31)34-23(29)33-15-7-6-14-32-22(28)24-21(27)25-19-10-4-2-8-17(19)12-13-18-9-3-5-11-20(18)25/h2-13,16H,14-15H2,1H3,(H,24,27,28)/b7-6-. The lowest BCUT2D eigenvalue weighted by molar-refractivity contribution is -0.777. The molecule has 0 saturated heterocycles. The normalized spacial score (nSPS) is 12.5. The van der Waals surface area contributed by atoms with Crippen LogP contribution >= 0.6 is 0 Å². The third-order valence-corrected chi connectivity index (χ3v) is 4.48. The van der Waals surface area contributed by atoms with Gasteiger partial charge in [0.25, 0.3) is 5.09 Å². The molecule has 0 radical (unpaired) electrons. The van der Waals surface area contributed by atoms with Gasteiger partial charge in [-0.2, -0.15) is 0 Å². The van der Waals surface area contributed by atoms with Crippen molar-refractivity contribution in [3.05, 3.63) is 81.9 Å². The maximum Gasteiger partial charge on any atom is 0.510 e. The van der Waals surface area contributed by atoms with Gasteiger partial charge in [-0.25, -0.2) is 19.7 Å². The van der Waals surface area contributed by atoms with Crippen molar-refractivity contribution in [3.8, 4) is 0 Å². The average Bonchev–Trinajstić information content (AvgIpc) is 2.97. The van der Waals surface area contributed by atoms with Crippen LogP contribution in [0.1, 0.15) is 18.1 Å². The highest BCUT2D eigenvalue weighted by Gasteiger charge is 2.25. The minimum atomic E-state index is -1.43. The van der Waals surface area contributed by atoms with Gasteiger partial charge in [-0.15, -0.1) is 10.1 Å². The number of hydrogen-bond acceptors (Lipinski definition) is 9. The fraction of sp³-hybridized carbons (Fsp3) is 0.174. The summed E-state index contributed by atoms with van der Waals surface area (Å²) in [5, 5.41) is 11.2. The highest BCUT2D eigenvalue weighted by molar-refractivity contribution is 6.09. The Hall–Kier alpha value is -4.87. The highest BCUT2D eigenvalue weighted by atomic mass is 17.0. The Morgan fingerprint density at radius 3 is 2.09 bits per heavy atom. The lowest BCUT2D eigenvalue weighted by Gasteiger charge is -2.24. The minimum Gasteiger partial charge on any atom is -0.445 e. The number of nitrogens with zero attached hydrogens (tertiary/aromatic N) is 2. The monoisotopic (exact) mass is 483 g/mol. The molecule has 0 aliphatic carbocycles. The van der Waals surface area contributed by atoms with E-state index in [1.165, 1.54) is 17.1 Å². The van der Waals surface area contributed by atoms with Crippen LogP contribution in [0, 0.1) is 10.1 Å². The Kier molecular flexibility index (Phi) is 8.38. The zero-order valence-electron chi connectivity index (χ0n) is 18.5. The van der Waals surface area contributed by atoms with Crippen LogP contribution < -0.4 is 10.2 Å². The number of amides is 3. The molecule has 12 nitrogen and oxygen atoms in total. The van der Waals surface area contributed by atoms with E-state index in [4.69, 9.17) is 4.74 Å². The Morgan fingerprint density at radius 2 is 1.51 bits per heavy atom. The van der Waals surface area contributed by atoms with Gasteiger partial charge in [0.15, 0.2) is 0 Å². The zero-order chi connectivity index (χ0) is 25.2. The van der Waals surface area contributed by atoms with Crippen molar-refractivity contribution in [1.82, 2.24) is 5.32 Å². The Morgan fingerprint density at radius 1 is 0.971 bits per heavy atom. The second-order valence-electron chi connectivity index (χ2n) is 6.86. The van der Waals surface area contributed by atoms with Gasteiger partial charge in [-0.3, -0.25) is 9.74 Å². The molecule has 3 rings (SSSR count). The number of para-hydroxylation sites is 2. The molecule has 1 N–H and O–H groups in total. The largest absolute Gasteiger partial charge is 0.510 e. The lowest BCUT2D eigenvalue weighted by atomic mass is 10.1. The van der Waals surface area contributed by atoms with Gasteiger partial charge >= 0.3 is 18.3 Å². The van der Waals surface area contributed by atoms with Crippen molar-refractivity contribution >= 4 is 41.8 Å². The molecule has 0 aromatic heterocycles. The number of benzene rings is 2. The van der Waals surface area contributed by atoms with E-state index >= 15 is 0 Å². The molecule has 0 bridgehead atoms. The van der Waals surface area contributed by atoms with Crippen molar-refractivity contribution in [2.24, 2.45) is 0 Å². The van der Waals surface area contributed by atoms with Gasteiger partial charge in [0.1, 0.15) is 13.2 Å². The molecule has 1 unspecified atom stereocenters. The van der Waals surface area contributed by atoms with Crippen molar-refractivity contribution < 1.29 is 38.5 Å². The Labute approximate surface area is 199 Å². The number of carbonyl (C=O) groups excluding carboxylic acids is 3. The molecule has 2 aromatic rings. The third kappa shape index (κ3) is 7.05. The van der Waals surface area contributed by atoms with E-state index in [2.05, 4.69) is 19.6 Å². The van der Waals surface area contributed by atoms with Crippen LogP contribution in [0.2, 0.25) is 0 Å². The van der Waals surface area contributed by atoms with Crippen LogP contribution in [-0.4, -0.2) is 42.9 Å². The molecule has 2 aromatic carbocycles. The molecule has 3 amide bonds. The second-order valence-corrected chi connectivity index (χ2v) is 6.86. The molecule has 0 spiro atoms. The Bertz CT molecular complexity index is 1110. The van der Waals surface area contributed by atoms with Gasteiger partial charge < -0.3 is 14.2 Å². The number of imide groups is 1. The molecule has 12 heteroatoms. The van der Waals surface area contributed by atoms with Crippen LogP contribution in [-0.2, 0) is 19.0 Å². The van der Waals surface area contributed by atoms with E-state index in [-0.39, 0.29) is 13.2 Å². The van der Waals surface area contributed by atoms with Crippen molar-refractivity contribution in [2.45, 2.75) is 13.2 Å². The van der Waals surface area contributed by atoms with Crippen LogP contribution in [0.25, 0.3) is 12.2 Å². The first-order valence-electron chi connectivity index (χ1n) is 10.3. The summed E-state index contributed by atoms with van der Waals surface area (Å²) >= 11 is 0. The van der Waals surface area contributed by atoms with Crippen molar-refractivity contribution in [2.75, 3.05) is 18.1 Å². The molecule has 0 saturated carbocycles. The zero-order valence-corrected chi connectivity index (χ0v) is 18.5. The number of hydrogen-bond donors (Lipinski definition) is 1. The van der Waals surface area contributed by atoms with E-state index in [1.807, 2.05) is 36.4 Å². The molecule has 0 fully saturated rings. The number of urea groups is 1. The fourth-order valence-corrected chi connectivity index (χ4v) is 3.06. The maximum atomic E-state index is 13.0. The summed E-state index contributed by atoms with van der Waals surface area (Å²) in [6.45, 7) is 0.683. The van der Waals surface area contributed by atoms with Gasteiger partial charge in [-0.05, 0) is 42.3 Å². The summed E-state index contributed by atoms with van der Waals surface area (Å²) < 4.78 is 14.1. The predicted molar refractivity (Wildman–Crippen MR) is 123 cm³/mol. The molecule has 35 heavy (non-hydrogen) atoms. The van der Waals surface area contributed by atoms with Gasteiger partial charge in [0.05, 0.1) is 11.4 Å². The topological polar surface area (TPSA) is 147 Å². The number of ether oxygens (including phenoxy) is 3. The van der Waals surface area contributed by atoms with Gasteiger partial charge in [0.2, 0.25) is 6.29 Å². The quantitative estimate of drug-likeness (QED) is 0.199. The summed E-state index contributed by atoms with van der Waals surface area (Å²) in [6, 6.07) is 13.8. The molecule has 1 aliphatic heterocycles. The van der Waals surface area contributed by atoms with E-state index in [0.717, 1.165) is 18.1 Å². The first-order chi connectivity index (χ1) is 16.8. The first-order valence-corrected chi connectivity index (χ1v) is 10.3. The fourth-order valence-electron chi connectivity index (χ4n) is 3.06. The second kappa shape index (κ2) is 11.8. The number of carbonyl (C=O) groups is 3. The molecule has 182 valence electrons. The smallest absolute Gasteiger partial charge is 0.445 e. The number of rotatable bonds is 7. The third-order valence-electron chi connectivity index (χ3n) is 4.48. The summed E-state index contributed by atoms with van der Waals surface area (Å²) in [4.78, 5) is 52.0. The van der Waals surface area contributed by atoms with Gasteiger partial charge in [-0.1, -0.05) is 48.6 Å². The van der Waals surface area contributed by atoms with Crippen LogP contribution in [0.15, 0.2) is 60.7 Å². The Balaban J connectivity index is 1.50. The van der Waals surface area contributed by atoms with Crippen LogP contribution in [0.3, 0.4) is 0 Å². The van der Waals surface area contributed by atoms with Crippen molar-refractivity contribution in [3.63, 3.8) is 0 Å². The van der Waals surface area contributed by atoms with Crippen LogP contribution in [0.5, 0.6) is 0 Å². The van der Waals surface area contributed by atoms with Gasteiger partial charge in [0, 0.05) is 0 Å². The summed E-state index contributed by atoms with van der Waals surface area (Å²) in [5.41, 5.74) is 2.79. The predicted octanol–water partition coefficient (Wildman–Crippen LogP) is 4.42. The summed E-state index contributed by atoms with van der Waals surface area (Å²) in [6.07, 6.45) is 2.91. The number of anilines is 2. The maximum absolute atomic E-state index is 13.0. The summed E-state index contributed by atoms with van der Waals surface area (Å²) in [7, 11) is 0. The van der Waals surface area contributed by atoms with Crippen molar-refractivity contribution in [1.29, 1.82) is 0 Å². The van der Waals surface area contributed by atoms with E-state index in [1.54, 1.807) is 24.3 Å². The summed E-state index contributed by atoms with van der Waals surface area (Å²) in [5.74, 6) is 0. The molecule has 1 aliphatic rings. The molecule has 1 heterocycles. The van der Waals surface area contributed by atoms with E-state index in [0.29, 0.717) is 11.4 Å². The molecule has 1 atom stereocenters. The van der Waals surface area contributed by atoms with Crippen LogP contribution in [0.4, 0.5) is 25.8 Å². The van der Waals surface area contributed by atoms with E-state index < -0.39 is 29.7 Å². The molecular weight excluding hydrogens is 462 g/mol. The lowest BCUT2D eigenvalue weighted by Crippen LogP contribution is -2.41. The number of fused-ring (bicyclic) bond motifs is 2. The minimum absolute atomic E-state index is 0.215. The number of nitrogens with one attached hydrogen (secondary N) is 1. The molecular formula is C23H21N3O9. The van der Waals surface area contributed by atoms with E-state index in [9.17, 15) is 24.5 Å². The SMILES string of the molecule is CC(OC(=O)OC/C=C\COC(=O)NC(=O)N1c2ccccc2C=Cc2ccccc21)O[N+](=O)[O-]. The highest BCUT2D eigenvalue weighted by Crippen LogP contribution is 2.36. The number of alkyl carbamates (subject to hydrolysis) is 1. The first kappa shape index (κ1) is 24.8.